The third-order valence-corrected chi connectivity index (χ3v) is 4.94. The second-order valence-electron chi connectivity index (χ2n) is 5.99. The highest BCUT2D eigenvalue weighted by molar-refractivity contribution is 8.00. The molecule has 21 heavy (non-hydrogen) atoms. The minimum atomic E-state index is -4.25. The van der Waals surface area contributed by atoms with Crippen LogP contribution in [-0.2, 0) is 0 Å². The number of benzene rings is 1. The van der Waals surface area contributed by atoms with Crippen LogP contribution in [0.2, 0.25) is 0 Å². The molecule has 0 saturated heterocycles. The average molecular weight is 317 g/mol. The average Bonchev–Trinajstić information content (AvgIpc) is 2.40. The molecule has 1 fully saturated rings. The van der Waals surface area contributed by atoms with Crippen molar-refractivity contribution in [2.75, 3.05) is 5.32 Å². The zero-order valence-electron chi connectivity index (χ0n) is 12.4. The first-order chi connectivity index (χ1) is 9.87. The van der Waals surface area contributed by atoms with Crippen molar-refractivity contribution in [1.82, 2.24) is 0 Å². The summed E-state index contributed by atoms with van der Waals surface area (Å²) in [5, 5.41) is 3.38. The Morgan fingerprint density at radius 2 is 1.81 bits per heavy atom. The van der Waals surface area contributed by atoms with E-state index < -0.39 is 5.51 Å². The Hall–Kier alpha value is -0.840. The van der Waals surface area contributed by atoms with Gasteiger partial charge in [-0.25, -0.2) is 0 Å². The Labute approximate surface area is 128 Å². The third kappa shape index (κ3) is 4.83. The molecule has 1 N–H and O–H groups in total. The van der Waals surface area contributed by atoms with Crippen molar-refractivity contribution in [3.05, 3.63) is 24.3 Å². The first-order valence-electron chi connectivity index (χ1n) is 7.48. The first kappa shape index (κ1) is 16.5. The fraction of sp³-hybridized carbons (Fsp3) is 0.625. The van der Waals surface area contributed by atoms with E-state index in [1.54, 1.807) is 18.2 Å². The minimum absolute atomic E-state index is 0.0369. The normalized spacial score (nSPS) is 23.3. The standard InChI is InChI=1S/C16H22F3NS/c1-11(2)12-7-3-4-8-13(12)20-14-9-5-6-10-15(14)21-16(17,18)19/h5-6,9-13,20H,3-4,7-8H2,1-2H3. The summed E-state index contributed by atoms with van der Waals surface area (Å²) in [7, 11) is 0. The van der Waals surface area contributed by atoms with Gasteiger partial charge < -0.3 is 5.32 Å². The molecule has 0 aliphatic heterocycles. The van der Waals surface area contributed by atoms with Crippen molar-refractivity contribution < 1.29 is 13.2 Å². The van der Waals surface area contributed by atoms with Crippen molar-refractivity contribution in [2.45, 2.75) is 56.0 Å². The smallest absolute Gasteiger partial charge is 0.381 e. The van der Waals surface area contributed by atoms with Gasteiger partial charge in [-0.05, 0) is 48.6 Å². The van der Waals surface area contributed by atoms with Crippen LogP contribution in [0.3, 0.4) is 0 Å². The van der Waals surface area contributed by atoms with E-state index in [4.69, 9.17) is 0 Å². The molecule has 118 valence electrons. The molecule has 1 aromatic carbocycles. The van der Waals surface area contributed by atoms with E-state index in [2.05, 4.69) is 19.2 Å². The number of para-hydroxylation sites is 1. The summed E-state index contributed by atoms with van der Waals surface area (Å²) in [6, 6.07) is 7.00. The Morgan fingerprint density at radius 3 is 2.48 bits per heavy atom. The summed E-state index contributed by atoms with van der Waals surface area (Å²) in [6.45, 7) is 4.39. The van der Waals surface area contributed by atoms with Crippen LogP contribution in [0.5, 0.6) is 0 Å². The van der Waals surface area contributed by atoms with Crippen LogP contribution >= 0.6 is 11.8 Å². The van der Waals surface area contributed by atoms with E-state index in [0.717, 1.165) is 19.3 Å². The second kappa shape index (κ2) is 6.95. The van der Waals surface area contributed by atoms with E-state index in [1.807, 2.05) is 0 Å². The predicted octanol–water partition coefficient (Wildman–Crippen LogP) is 5.93. The maximum absolute atomic E-state index is 12.6. The molecule has 2 atom stereocenters. The topological polar surface area (TPSA) is 12.0 Å². The number of hydrogen-bond acceptors (Lipinski definition) is 2. The van der Waals surface area contributed by atoms with Crippen molar-refractivity contribution in [3.8, 4) is 0 Å². The SMILES string of the molecule is CC(C)C1CCCCC1Nc1ccccc1SC(F)(F)F. The Kier molecular flexibility index (Phi) is 5.47. The van der Waals surface area contributed by atoms with Gasteiger partial charge in [0.2, 0.25) is 0 Å². The molecule has 0 amide bonds. The van der Waals surface area contributed by atoms with Crippen molar-refractivity contribution in [3.63, 3.8) is 0 Å². The van der Waals surface area contributed by atoms with E-state index in [1.165, 1.54) is 12.5 Å². The van der Waals surface area contributed by atoms with Crippen LogP contribution in [0, 0.1) is 11.8 Å². The van der Waals surface area contributed by atoms with Crippen LogP contribution in [0.1, 0.15) is 39.5 Å². The quantitative estimate of drug-likeness (QED) is 0.691. The van der Waals surface area contributed by atoms with Crippen molar-refractivity contribution in [2.24, 2.45) is 11.8 Å². The molecule has 0 radical (unpaired) electrons. The maximum atomic E-state index is 12.6. The van der Waals surface area contributed by atoms with Gasteiger partial charge in [-0.2, -0.15) is 13.2 Å². The summed E-state index contributed by atoms with van der Waals surface area (Å²) in [6.07, 6.45) is 4.56. The summed E-state index contributed by atoms with van der Waals surface area (Å²) in [5.41, 5.74) is -3.64. The second-order valence-corrected chi connectivity index (χ2v) is 7.09. The van der Waals surface area contributed by atoms with Crippen LogP contribution in [-0.4, -0.2) is 11.6 Å². The highest BCUT2D eigenvalue weighted by Gasteiger charge is 2.32. The lowest BCUT2D eigenvalue weighted by Gasteiger charge is -2.36. The molecular weight excluding hydrogens is 295 g/mol. The fourth-order valence-electron chi connectivity index (χ4n) is 3.14. The van der Waals surface area contributed by atoms with Crippen LogP contribution < -0.4 is 5.32 Å². The molecule has 1 nitrogen and oxygen atoms in total. The van der Waals surface area contributed by atoms with Crippen LogP contribution in [0.25, 0.3) is 0 Å². The maximum Gasteiger partial charge on any atom is 0.446 e. The largest absolute Gasteiger partial charge is 0.446 e. The lowest BCUT2D eigenvalue weighted by atomic mass is 9.78. The molecule has 1 aliphatic carbocycles. The number of nitrogens with one attached hydrogen (secondary N) is 1. The molecule has 0 heterocycles. The van der Waals surface area contributed by atoms with Gasteiger partial charge in [0, 0.05) is 16.6 Å². The van der Waals surface area contributed by atoms with E-state index >= 15 is 0 Å². The molecule has 0 spiro atoms. The molecule has 1 aliphatic rings. The van der Waals surface area contributed by atoms with Gasteiger partial charge in [0.05, 0.1) is 0 Å². The lowest BCUT2D eigenvalue weighted by Crippen LogP contribution is -2.35. The summed E-state index contributed by atoms with van der Waals surface area (Å²) in [4.78, 5) is 0.262. The highest BCUT2D eigenvalue weighted by atomic mass is 32.2. The Bertz CT molecular complexity index is 459. The van der Waals surface area contributed by atoms with Gasteiger partial charge in [-0.1, -0.05) is 38.8 Å². The van der Waals surface area contributed by atoms with Gasteiger partial charge in [-0.15, -0.1) is 0 Å². The number of halogens is 3. The van der Waals surface area contributed by atoms with Gasteiger partial charge in [0.1, 0.15) is 0 Å². The molecule has 0 bridgehead atoms. The van der Waals surface area contributed by atoms with Gasteiger partial charge in [0.15, 0.2) is 0 Å². The van der Waals surface area contributed by atoms with Crippen molar-refractivity contribution in [1.29, 1.82) is 0 Å². The zero-order chi connectivity index (χ0) is 15.5. The van der Waals surface area contributed by atoms with Gasteiger partial charge in [0.25, 0.3) is 0 Å². The van der Waals surface area contributed by atoms with Gasteiger partial charge in [-0.3, -0.25) is 0 Å². The number of alkyl halides is 3. The predicted molar refractivity (Wildman–Crippen MR) is 82.6 cm³/mol. The molecular formula is C16H22F3NS. The lowest BCUT2D eigenvalue weighted by molar-refractivity contribution is -0.0328. The van der Waals surface area contributed by atoms with Gasteiger partial charge >= 0.3 is 5.51 Å². The highest BCUT2D eigenvalue weighted by Crippen LogP contribution is 2.41. The molecule has 2 rings (SSSR count). The molecule has 1 saturated carbocycles. The third-order valence-electron chi connectivity index (χ3n) is 4.13. The summed E-state index contributed by atoms with van der Waals surface area (Å²) in [5.74, 6) is 1.08. The summed E-state index contributed by atoms with van der Waals surface area (Å²) >= 11 is -0.0369. The number of thioether (sulfide) groups is 1. The molecule has 0 aromatic heterocycles. The number of hydrogen-bond donors (Lipinski definition) is 1. The molecule has 1 aromatic rings. The molecule has 2 unspecified atom stereocenters. The van der Waals surface area contributed by atoms with Crippen LogP contribution in [0.15, 0.2) is 29.2 Å². The van der Waals surface area contributed by atoms with E-state index in [0.29, 0.717) is 17.5 Å². The zero-order valence-corrected chi connectivity index (χ0v) is 13.2. The van der Waals surface area contributed by atoms with E-state index in [9.17, 15) is 13.2 Å². The minimum Gasteiger partial charge on any atom is -0.381 e. The Morgan fingerprint density at radius 1 is 1.14 bits per heavy atom. The number of rotatable bonds is 4. The molecule has 5 heteroatoms. The number of anilines is 1. The monoisotopic (exact) mass is 317 g/mol. The first-order valence-corrected chi connectivity index (χ1v) is 8.30. The Balaban J connectivity index is 2.14. The summed E-state index contributed by atoms with van der Waals surface area (Å²) < 4.78 is 37.9. The van der Waals surface area contributed by atoms with E-state index in [-0.39, 0.29) is 22.7 Å². The fourth-order valence-corrected chi connectivity index (χ4v) is 3.77. The van der Waals surface area contributed by atoms with Crippen LogP contribution in [0.4, 0.5) is 18.9 Å². The van der Waals surface area contributed by atoms with Crippen molar-refractivity contribution >= 4 is 17.4 Å².